The number of hydrogen-bond donors (Lipinski definition) is 8. The summed E-state index contributed by atoms with van der Waals surface area (Å²) < 4.78 is 0.722. The molecule has 0 spiro atoms. The zero-order valence-corrected chi connectivity index (χ0v) is 53.0. The molecule has 3 fully saturated rings. The van der Waals surface area contributed by atoms with Crippen molar-refractivity contribution < 1.29 is 29.2 Å². The Kier molecular flexibility index (Phi) is 30.9. The first-order chi connectivity index (χ1) is 43.8. The van der Waals surface area contributed by atoms with Crippen LogP contribution in [0.5, 0.6) is 0 Å². The summed E-state index contributed by atoms with van der Waals surface area (Å²) in [6.45, 7) is 5.61. The predicted molar refractivity (Wildman–Crippen MR) is 368 cm³/mol. The van der Waals surface area contributed by atoms with E-state index in [-0.39, 0.29) is 89.2 Å². The second-order valence-electron chi connectivity index (χ2n) is 21.0. The molecule has 93 heavy (non-hydrogen) atoms. The van der Waals surface area contributed by atoms with Crippen LogP contribution in [0.25, 0.3) is 0 Å². The molecule has 6 aromatic rings. The molecular weight excluding hydrogens is 1250 g/mol. The number of benzene rings is 3. The third-order valence-corrected chi connectivity index (χ3v) is 18.5. The third kappa shape index (κ3) is 22.1. The van der Waals surface area contributed by atoms with Crippen molar-refractivity contribution in [3.05, 3.63) is 226 Å². The van der Waals surface area contributed by atoms with E-state index in [9.17, 15) is 44.7 Å². The van der Waals surface area contributed by atoms with Gasteiger partial charge in [0.1, 0.15) is 9.27 Å². The van der Waals surface area contributed by atoms with Crippen LogP contribution in [0.2, 0.25) is 0 Å². The van der Waals surface area contributed by atoms with Crippen LogP contribution in [0.1, 0.15) is 102 Å². The highest BCUT2D eigenvalue weighted by Gasteiger charge is 2.40. The number of carbonyl (C=O) groups is 3. The highest BCUT2D eigenvalue weighted by atomic mass is 32.2. The first kappa shape index (κ1) is 76.0. The van der Waals surface area contributed by atoms with E-state index in [2.05, 4.69) is 75.4 Å². The maximum atomic E-state index is 12.6. The van der Waals surface area contributed by atoms with Crippen molar-refractivity contribution in [3.63, 3.8) is 0 Å². The van der Waals surface area contributed by atoms with Crippen LogP contribution in [0.4, 0.5) is 17.5 Å². The minimum atomic E-state index is -0.556. The van der Waals surface area contributed by atoms with Gasteiger partial charge in [-0.05, 0) is 87.1 Å². The number of nitrogens with zero attached hydrogens (tertiary/aromatic N) is 11. The first-order valence-corrected chi connectivity index (χ1v) is 32.3. The largest absolute Gasteiger partial charge is 0.382 e. The number of amides is 3. The molecule has 3 amide bonds. The lowest BCUT2D eigenvalue weighted by molar-refractivity contribution is -0.404. The van der Waals surface area contributed by atoms with E-state index >= 15 is 0 Å². The van der Waals surface area contributed by atoms with E-state index in [4.69, 9.17) is 22.9 Å². The highest BCUT2D eigenvalue weighted by Crippen LogP contribution is 2.39. The van der Waals surface area contributed by atoms with Gasteiger partial charge in [0.05, 0.1) is 14.8 Å². The van der Waals surface area contributed by atoms with Crippen LogP contribution in [0.3, 0.4) is 0 Å². The lowest BCUT2D eigenvalue weighted by Gasteiger charge is -2.43. The van der Waals surface area contributed by atoms with Gasteiger partial charge in [0.15, 0.2) is 40.4 Å². The quantitative estimate of drug-likeness (QED) is 0.0275. The van der Waals surface area contributed by atoms with Crippen molar-refractivity contribution in [2.75, 3.05) is 94.9 Å². The zero-order chi connectivity index (χ0) is 65.8. The summed E-state index contributed by atoms with van der Waals surface area (Å²) in [5, 5.41) is 44.4. The van der Waals surface area contributed by atoms with Crippen LogP contribution in [-0.4, -0.2) is 150 Å². The van der Waals surface area contributed by atoms with E-state index in [1.54, 1.807) is 4.90 Å². The lowest BCUT2D eigenvalue weighted by Crippen LogP contribution is -2.49. The summed E-state index contributed by atoms with van der Waals surface area (Å²) in [5.41, 5.74) is 26.3. The van der Waals surface area contributed by atoms with Gasteiger partial charge in [-0.15, -0.1) is 35.3 Å². The second kappa shape index (κ2) is 37.8. The number of aromatic nitrogens is 6. The van der Waals surface area contributed by atoms with Crippen LogP contribution in [0.15, 0.2) is 162 Å². The van der Waals surface area contributed by atoms with E-state index < -0.39 is 14.8 Å². The van der Waals surface area contributed by atoms with Gasteiger partial charge in [-0.3, -0.25) is 44.7 Å². The van der Waals surface area contributed by atoms with Crippen LogP contribution < -0.4 is 44.2 Å². The van der Waals surface area contributed by atoms with E-state index in [1.165, 1.54) is 78.0 Å². The number of nitro groups is 3. The zero-order valence-electron chi connectivity index (χ0n) is 50.6. The molecule has 0 bridgehead atoms. The summed E-state index contributed by atoms with van der Waals surface area (Å²) >= 11 is 4.13. The number of nitrogen functional groups attached to an aromatic ring is 3. The molecule has 9 rings (SSSR count). The maximum absolute atomic E-state index is 12.6. The Morgan fingerprint density at radius 2 is 0.806 bits per heavy atom. The molecule has 12 N–H and O–H groups in total. The Morgan fingerprint density at radius 1 is 0.495 bits per heavy atom. The minimum Gasteiger partial charge on any atom is -0.382 e. The molecular formula is C62H83N19O9S3. The molecule has 28 nitrogen and oxygen atoms in total. The summed E-state index contributed by atoms with van der Waals surface area (Å²) in [6.07, 6.45) is 21.8. The number of piperidine rings is 3. The van der Waals surface area contributed by atoms with Gasteiger partial charge in [0.25, 0.3) is 36.3 Å². The van der Waals surface area contributed by atoms with Crippen LogP contribution in [-0.2, 0) is 16.2 Å². The number of nitrogens with two attached hydrogens (primary N) is 4. The van der Waals surface area contributed by atoms with E-state index in [1.807, 2.05) is 90.4 Å². The molecule has 3 aromatic heterocycles. The SMILES string of the molecule is C.C.CS/C(=C\[N+](=O)[O-])N1CCC(CNC(=O)c2nccnc2N)(c2ccccc2)CC1.CSC(=C[N+](=O)[O-])SC.N/C(=C\[N+](=O)[O-])N1CCC(CNC(=O)c2nccnc2N)(c2ccccc2)CC1.Nc1nccnc1C(=O)NCC1(c2ccccc2)CCNCC1. The van der Waals surface area contributed by atoms with Gasteiger partial charge >= 0.3 is 0 Å². The fourth-order valence-corrected chi connectivity index (χ4v) is 12.4. The molecule has 31 heteroatoms. The van der Waals surface area contributed by atoms with Crippen LogP contribution >= 0.6 is 35.3 Å². The average molecular weight is 1330 g/mol. The Labute approximate surface area is 554 Å². The molecule has 0 aliphatic carbocycles. The molecule has 6 heterocycles. The number of likely N-dealkylation sites (tertiary alicyclic amines) is 2. The summed E-state index contributed by atoms with van der Waals surface area (Å²) in [4.78, 5) is 95.2. The topological polar surface area (TPSA) is 417 Å². The molecule has 3 aliphatic heterocycles. The smallest absolute Gasteiger partial charge is 0.274 e. The van der Waals surface area contributed by atoms with Crippen molar-refractivity contribution in [2.24, 2.45) is 5.73 Å². The fourth-order valence-electron chi connectivity index (χ4n) is 10.7. The Balaban J connectivity index is 0.000000277. The van der Waals surface area contributed by atoms with Gasteiger partial charge in [-0.25, -0.2) is 29.9 Å². The van der Waals surface area contributed by atoms with Crippen molar-refractivity contribution in [2.45, 2.75) is 69.6 Å². The van der Waals surface area contributed by atoms with Gasteiger partial charge < -0.3 is 54.0 Å². The minimum absolute atomic E-state index is 0. The Morgan fingerprint density at radius 3 is 1.10 bits per heavy atom. The Bertz CT molecular complexity index is 3480. The Hall–Kier alpha value is -9.46. The molecule has 498 valence electrons. The molecule has 0 saturated carbocycles. The summed E-state index contributed by atoms with van der Waals surface area (Å²) in [7, 11) is 0. The highest BCUT2D eigenvalue weighted by molar-refractivity contribution is 8.21. The van der Waals surface area contributed by atoms with Gasteiger partial charge in [0.2, 0.25) is 0 Å². The number of anilines is 3. The number of carbonyl (C=O) groups excluding carboxylic acids is 3. The van der Waals surface area contributed by atoms with Crippen molar-refractivity contribution >= 4 is 70.5 Å². The molecule has 3 saturated heterocycles. The maximum Gasteiger partial charge on any atom is 0.274 e. The molecule has 0 unspecified atom stereocenters. The van der Waals surface area contributed by atoms with Gasteiger partial charge in [-0.2, -0.15) is 0 Å². The van der Waals surface area contributed by atoms with Gasteiger partial charge in [0, 0.05) is 99.2 Å². The molecule has 3 aliphatic rings. The monoisotopic (exact) mass is 1330 g/mol. The molecule has 3 aromatic carbocycles. The molecule has 0 atom stereocenters. The van der Waals surface area contributed by atoms with Crippen molar-refractivity contribution in [1.29, 1.82) is 0 Å². The third-order valence-electron chi connectivity index (χ3n) is 15.7. The van der Waals surface area contributed by atoms with Crippen molar-refractivity contribution in [1.82, 2.24) is 61.0 Å². The lowest BCUT2D eigenvalue weighted by atomic mass is 9.72. The predicted octanol–water partition coefficient (Wildman–Crippen LogP) is 7.29. The fraction of sp³-hybridized carbons (Fsp3) is 0.371. The number of thioether (sulfide) groups is 3. The van der Waals surface area contributed by atoms with E-state index in [0.717, 1.165) is 72.7 Å². The summed E-state index contributed by atoms with van der Waals surface area (Å²) in [5.74, 6) is -0.571. The number of nitrogens with one attached hydrogen (secondary N) is 4. The first-order valence-electron chi connectivity index (χ1n) is 28.6. The number of hydrogen-bond acceptors (Lipinski definition) is 25. The molecule has 0 radical (unpaired) electrons. The van der Waals surface area contributed by atoms with E-state index in [0.29, 0.717) is 63.7 Å². The standard InChI is InChI=1S/C20H24N6O3S.C19H23N7O3.C17H21N5O.C4H7NO2S2.2CH4/c1-30-16(13-26(28)29)25-11-7-20(8-12-25,15-5-3-2-4-6-15)14-24-19(27)17-18(21)23-10-9-22-17;20-15(12-26(28)29)25-10-6-19(7-11-25,14-4-2-1-3-5-14)13-24-18(27)16-17(21)23-9-8-22-16;18-15-14(20-10-11-21-15)16(23)22-12-17(6-8-19-9-7-17)13-4-2-1-3-5-13;1-8-4(9-2)3-5(6)7;;/h2-6,9-10,13H,7-8,11-12,14H2,1H3,(H2,21,23)(H,24,27);1-5,8-9,12H,6-7,10-11,13,20H2,(H2,21,23)(H,24,27);1-5,10-11,19H,6-9,12H2,(H2,18,21)(H,22,23);3H,1-2H3;2*1H4/b16-13-;15-12+;;;;. The average Bonchev–Trinajstić information content (AvgIpc) is 0.876. The van der Waals surface area contributed by atoms with Gasteiger partial charge in [-0.1, -0.05) is 106 Å². The van der Waals surface area contributed by atoms with Crippen LogP contribution in [0, 0.1) is 30.3 Å². The second-order valence-corrected chi connectivity index (χ2v) is 23.8. The van der Waals surface area contributed by atoms with Crippen molar-refractivity contribution in [3.8, 4) is 0 Å². The number of rotatable bonds is 20. The normalized spacial score (nSPS) is 15.3. The summed E-state index contributed by atoms with van der Waals surface area (Å²) in [6, 6.07) is 30.3.